The average Bonchev–Trinajstić information content (AvgIpc) is 2.06. The fourth-order valence-electron chi connectivity index (χ4n) is 0.899. The van der Waals surface area contributed by atoms with Gasteiger partial charge >= 0.3 is 0 Å². The Morgan fingerprint density at radius 2 is 1.93 bits per heavy atom. The molecule has 0 saturated heterocycles. The maximum atomic E-state index is 12.3. The minimum Gasteiger partial charge on any atom is -0.394 e. The molecule has 0 unspecified atom stereocenters. The number of primary sulfonamides is 1. The lowest BCUT2D eigenvalue weighted by atomic mass is 10.2. The summed E-state index contributed by atoms with van der Waals surface area (Å²) in [6, 6.07) is 0.538. The van der Waals surface area contributed by atoms with E-state index in [0.29, 0.717) is 6.07 Å². The zero-order valence-electron chi connectivity index (χ0n) is 7.20. The van der Waals surface area contributed by atoms with Crippen LogP contribution in [-0.4, -0.2) is 13.4 Å². The molecule has 0 aliphatic carbocycles. The molecule has 0 radical (unpaired) electrons. The van der Waals surface area contributed by atoms with Gasteiger partial charge in [0, 0.05) is 5.56 Å². The van der Waals surface area contributed by atoms with Crippen LogP contribution in [0.2, 0.25) is 0 Å². The van der Waals surface area contributed by atoms with Gasteiger partial charge < -0.3 is 10.7 Å². The monoisotopic (exact) mass is 239 g/mol. The molecule has 0 aromatic carbocycles. The quantitative estimate of drug-likeness (QED) is 0.647. The lowest BCUT2D eigenvalue weighted by Crippen LogP contribution is -2.22. The van der Waals surface area contributed by atoms with Crippen molar-refractivity contribution in [3.05, 3.63) is 22.0 Å². The van der Waals surface area contributed by atoms with Crippen molar-refractivity contribution in [1.82, 2.24) is 4.98 Å². The van der Waals surface area contributed by atoms with E-state index in [2.05, 4.69) is 5.14 Å². The van der Waals surface area contributed by atoms with Crippen molar-refractivity contribution in [2.24, 2.45) is 5.14 Å². The van der Waals surface area contributed by atoms with E-state index in [9.17, 15) is 22.0 Å². The third-order valence-electron chi connectivity index (χ3n) is 1.62. The lowest BCUT2D eigenvalue weighted by molar-refractivity contribution is 0.151. The highest BCUT2D eigenvalue weighted by molar-refractivity contribution is 7.89. The summed E-state index contributed by atoms with van der Waals surface area (Å²) in [6.45, 7) is 0. The van der Waals surface area contributed by atoms with Gasteiger partial charge in [-0.25, -0.2) is 22.3 Å². The van der Waals surface area contributed by atoms with Crippen LogP contribution in [0.15, 0.2) is 15.9 Å². The molecule has 0 atom stereocenters. The molecule has 1 aromatic rings. The number of nitrogens with two attached hydrogens (primary N) is 2. The van der Waals surface area contributed by atoms with E-state index in [0.717, 1.165) is 0 Å². The fraction of sp³-hybridized carbons (Fsp3) is 0.167. The Morgan fingerprint density at radius 3 is 2.33 bits per heavy atom. The largest absolute Gasteiger partial charge is 0.394 e. The Hall–Kier alpha value is -1.48. The second kappa shape index (κ2) is 3.59. The second-order valence-corrected chi connectivity index (χ2v) is 4.21. The summed E-state index contributed by atoms with van der Waals surface area (Å²) < 4.78 is 46.2. The number of anilines is 1. The van der Waals surface area contributed by atoms with Gasteiger partial charge in [0.25, 0.3) is 22.0 Å². The van der Waals surface area contributed by atoms with Crippen LogP contribution in [0.4, 0.5) is 14.5 Å². The molecular weight excluding hydrogens is 232 g/mol. The molecule has 1 aromatic heterocycles. The Labute approximate surface area is 82.9 Å². The fourth-order valence-corrected chi connectivity index (χ4v) is 1.43. The summed E-state index contributed by atoms with van der Waals surface area (Å²) in [5.74, 6) is 0. The average molecular weight is 239 g/mol. The van der Waals surface area contributed by atoms with Crippen molar-refractivity contribution < 1.29 is 17.2 Å². The normalized spacial score (nSPS) is 12.0. The summed E-state index contributed by atoms with van der Waals surface area (Å²) in [5, 5.41) is 3.87. The first-order valence-electron chi connectivity index (χ1n) is 3.57. The van der Waals surface area contributed by atoms with Gasteiger partial charge in [0.2, 0.25) is 0 Å². The molecule has 1 rings (SSSR count). The summed E-state index contributed by atoms with van der Waals surface area (Å²) >= 11 is 0. The predicted molar refractivity (Wildman–Crippen MR) is 47.8 cm³/mol. The van der Waals surface area contributed by atoms with Crippen molar-refractivity contribution in [2.45, 2.75) is 11.5 Å². The summed E-state index contributed by atoms with van der Waals surface area (Å²) in [7, 11) is -4.24. The van der Waals surface area contributed by atoms with Crippen molar-refractivity contribution in [3.63, 3.8) is 0 Å². The van der Waals surface area contributed by atoms with Gasteiger partial charge in [-0.2, -0.15) is 0 Å². The van der Waals surface area contributed by atoms with Crippen LogP contribution in [-0.2, 0) is 10.0 Å². The standard InChI is InChI=1S/C6H7F2N3O3S/c7-5(8)2-1-3(15(10,13)14)11-6(12)4(2)9/h1,5H,9H2,(H,11,12)(H2,10,13,14). The van der Waals surface area contributed by atoms with Crippen LogP contribution < -0.4 is 16.4 Å². The summed E-state index contributed by atoms with van der Waals surface area (Å²) in [5.41, 5.74) is 2.34. The van der Waals surface area contributed by atoms with Gasteiger partial charge in [0.1, 0.15) is 5.69 Å². The number of alkyl halides is 2. The van der Waals surface area contributed by atoms with Gasteiger partial charge in [-0.3, -0.25) is 4.79 Å². The van der Waals surface area contributed by atoms with E-state index >= 15 is 0 Å². The van der Waals surface area contributed by atoms with Gasteiger partial charge in [-0.15, -0.1) is 0 Å². The summed E-state index contributed by atoms with van der Waals surface area (Å²) in [6.07, 6.45) is -3.05. The predicted octanol–water partition coefficient (Wildman–Crippen LogP) is -0.458. The zero-order chi connectivity index (χ0) is 11.8. The number of aromatic nitrogens is 1. The van der Waals surface area contributed by atoms with Gasteiger partial charge in [0.15, 0.2) is 5.03 Å². The van der Waals surface area contributed by atoms with E-state index < -0.39 is 38.3 Å². The maximum absolute atomic E-state index is 12.3. The van der Waals surface area contributed by atoms with Gasteiger partial charge in [-0.05, 0) is 6.07 Å². The first-order chi connectivity index (χ1) is 6.73. The number of hydrogen-bond acceptors (Lipinski definition) is 4. The molecule has 0 amide bonds. The van der Waals surface area contributed by atoms with Crippen LogP contribution in [0.3, 0.4) is 0 Å². The number of halogens is 2. The van der Waals surface area contributed by atoms with Crippen molar-refractivity contribution >= 4 is 15.7 Å². The third-order valence-corrected chi connectivity index (χ3v) is 2.45. The van der Waals surface area contributed by atoms with E-state index in [1.54, 1.807) is 4.98 Å². The second-order valence-electron chi connectivity index (χ2n) is 2.68. The number of nitrogen functional groups attached to an aromatic ring is 1. The molecule has 84 valence electrons. The number of rotatable bonds is 2. The number of sulfonamides is 1. The van der Waals surface area contributed by atoms with Crippen molar-refractivity contribution in [1.29, 1.82) is 0 Å². The minimum atomic E-state index is -4.24. The van der Waals surface area contributed by atoms with Gasteiger partial charge in [-0.1, -0.05) is 0 Å². The first-order valence-corrected chi connectivity index (χ1v) is 5.11. The Morgan fingerprint density at radius 1 is 1.40 bits per heavy atom. The Kier molecular flexibility index (Phi) is 2.77. The number of H-pyrrole nitrogens is 1. The number of pyridine rings is 1. The Balaban J connectivity index is 3.58. The highest BCUT2D eigenvalue weighted by Gasteiger charge is 2.19. The smallest absolute Gasteiger partial charge is 0.272 e. The van der Waals surface area contributed by atoms with Gasteiger partial charge in [0.05, 0.1) is 0 Å². The van der Waals surface area contributed by atoms with Crippen molar-refractivity contribution in [3.8, 4) is 0 Å². The minimum absolute atomic E-state index is 0.538. The van der Waals surface area contributed by atoms with Crippen molar-refractivity contribution in [2.75, 3.05) is 5.73 Å². The van der Waals surface area contributed by atoms with E-state index in [-0.39, 0.29) is 0 Å². The van der Waals surface area contributed by atoms with Crippen LogP contribution >= 0.6 is 0 Å². The van der Waals surface area contributed by atoms with Crippen LogP contribution in [0, 0.1) is 0 Å². The molecule has 5 N–H and O–H groups in total. The zero-order valence-corrected chi connectivity index (χ0v) is 8.01. The molecule has 15 heavy (non-hydrogen) atoms. The number of hydrogen-bond donors (Lipinski definition) is 3. The molecule has 9 heteroatoms. The third kappa shape index (κ3) is 2.30. The summed E-state index contributed by atoms with van der Waals surface area (Å²) in [4.78, 5) is 12.8. The number of nitrogens with one attached hydrogen (secondary N) is 1. The Bertz CT molecular complexity index is 537. The number of aromatic amines is 1. The van der Waals surface area contributed by atoms with Crippen LogP contribution in [0.1, 0.15) is 12.0 Å². The first kappa shape index (κ1) is 11.6. The molecule has 6 nitrogen and oxygen atoms in total. The molecule has 0 bridgehead atoms. The SMILES string of the molecule is Nc1c(C(F)F)cc(S(N)(=O)=O)[nH]c1=O. The topological polar surface area (TPSA) is 119 Å². The van der Waals surface area contributed by atoms with Crippen LogP contribution in [0.25, 0.3) is 0 Å². The van der Waals surface area contributed by atoms with E-state index in [1.807, 2.05) is 0 Å². The molecule has 1 heterocycles. The van der Waals surface area contributed by atoms with E-state index in [1.165, 1.54) is 0 Å². The molecular formula is C6H7F2N3O3S. The highest BCUT2D eigenvalue weighted by atomic mass is 32.2. The molecule has 0 saturated carbocycles. The lowest BCUT2D eigenvalue weighted by Gasteiger charge is -2.05. The molecule has 0 fully saturated rings. The van der Waals surface area contributed by atoms with E-state index in [4.69, 9.17) is 5.73 Å². The maximum Gasteiger partial charge on any atom is 0.272 e. The molecule has 0 spiro atoms. The van der Waals surface area contributed by atoms with Crippen LogP contribution in [0.5, 0.6) is 0 Å². The molecule has 0 aliphatic rings. The highest BCUT2D eigenvalue weighted by Crippen LogP contribution is 2.23. The molecule has 0 aliphatic heterocycles.